The Balaban J connectivity index is 1.93. The van der Waals surface area contributed by atoms with E-state index in [1.165, 1.54) is 19.3 Å². The quantitative estimate of drug-likeness (QED) is 0.579. The molecule has 1 aliphatic rings. The van der Waals surface area contributed by atoms with Crippen molar-refractivity contribution in [2.75, 3.05) is 13.6 Å². The Kier molecular flexibility index (Phi) is 6.22. The monoisotopic (exact) mass is 303 g/mol. The summed E-state index contributed by atoms with van der Waals surface area (Å²) in [5.74, 6) is 1.63. The van der Waals surface area contributed by atoms with Crippen LogP contribution in [-0.2, 0) is 0 Å². The van der Waals surface area contributed by atoms with Crippen LogP contribution in [0.1, 0.15) is 51.6 Å². The van der Waals surface area contributed by atoms with E-state index in [4.69, 9.17) is 4.74 Å². The molecule has 0 radical (unpaired) electrons. The molecular weight excluding hydrogens is 274 g/mol. The molecule has 1 aromatic rings. The summed E-state index contributed by atoms with van der Waals surface area (Å²) < 4.78 is 6.06. The summed E-state index contributed by atoms with van der Waals surface area (Å²) in [5, 5.41) is 0. The van der Waals surface area contributed by atoms with Crippen molar-refractivity contribution in [1.29, 1.82) is 0 Å². The second kappa shape index (κ2) is 8.16. The lowest BCUT2D eigenvalue weighted by atomic mass is 9.86. The predicted molar refractivity (Wildman–Crippen MR) is 92.1 cm³/mol. The highest BCUT2D eigenvalue weighted by Crippen LogP contribution is 2.29. The van der Waals surface area contributed by atoms with Crippen molar-refractivity contribution in [2.24, 2.45) is 10.9 Å². The van der Waals surface area contributed by atoms with Crippen LogP contribution in [-0.4, -0.2) is 35.9 Å². The summed E-state index contributed by atoms with van der Waals surface area (Å²) in [6.07, 6.45) is 8.34. The lowest BCUT2D eigenvalue weighted by Crippen LogP contribution is -2.24. The first kappa shape index (κ1) is 16.8. The maximum Gasteiger partial charge on any atom is 0.213 e. The van der Waals surface area contributed by atoms with E-state index < -0.39 is 0 Å². The van der Waals surface area contributed by atoms with Crippen LogP contribution in [0.15, 0.2) is 17.1 Å². The summed E-state index contributed by atoms with van der Waals surface area (Å²) in [6.45, 7) is 7.31. The third-order valence-electron chi connectivity index (χ3n) is 4.58. The van der Waals surface area contributed by atoms with Crippen molar-refractivity contribution in [3.05, 3.63) is 17.8 Å². The Hall–Kier alpha value is -1.58. The molecule has 4 heteroatoms. The molecule has 0 bridgehead atoms. The van der Waals surface area contributed by atoms with E-state index in [0.717, 1.165) is 42.6 Å². The van der Waals surface area contributed by atoms with E-state index in [-0.39, 0.29) is 0 Å². The molecule has 1 aliphatic carbocycles. The van der Waals surface area contributed by atoms with Crippen molar-refractivity contribution in [1.82, 2.24) is 9.88 Å². The van der Waals surface area contributed by atoms with E-state index >= 15 is 0 Å². The minimum atomic E-state index is 0.329. The van der Waals surface area contributed by atoms with E-state index in [1.54, 1.807) is 0 Å². The zero-order chi connectivity index (χ0) is 15.9. The SMILES string of the molecule is CCC1CCC(Oc2ccc(N=CN(C)CC)c(C)n2)CC1. The molecule has 0 saturated heterocycles. The van der Waals surface area contributed by atoms with E-state index in [9.17, 15) is 0 Å². The number of aryl methyl sites for hydroxylation is 1. The van der Waals surface area contributed by atoms with Gasteiger partial charge in [-0.3, -0.25) is 0 Å². The Labute approximate surface area is 134 Å². The van der Waals surface area contributed by atoms with Gasteiger partial charge in [0, 0.05) is 19.7 Å². The molecule has 0 N–H and O–H groups in total. The molecule has 0 aromatic carbocycles. The summed E-state index contributed by atoms with van der Waals surface area (Å²) in [7, 11) is 2.01. The van der Waals surface area contributed by atoms with Crippen LogP contribution in [0.25, 0.3) is 0 Å². The standard InChI is InChI=1S/C18H29N3O/c1-5-15-7-9-16(10-8-15)22-18-12-11-17(14(3)20-18)19-13-21(4)6-2/h11-13,15-16H,5-10H2,1-4H3. The van der Waals surface area contributed by atoms with Crippen LogP contribution in [0.5, 0.6) is 5.88 Å². The fourth-order valence-electron chi connectivity index (χ4n) is 2.80. The number of rotatable bonds is 6. The van der Waals surface area contributed by atoms with Gasteiger partial charge in [0.1, 0.15) is 6.10 Å². The van der Waals surface area contributed by atoms with Gasteiger partial charge in [0.15, 0.2) is 0 Å². The smallest absolute Gasteiger partial charge is 0.213 e. The molecule has 4 nitrogen and oxygen atoms in total. The molecular formula is C18H29N3O. The summed E-state index contributed by atoms with van der Waals surface area (Å²) in [5.41, 5.74) is 1.82. The molecule has 0 atom stereocenters. The second-order valence-electron chi connectivity index (χ2n) is 6.24. The molecule has 1 aromatic heterocycles. The zero-order valence-electron chi connectivity index (χ0n) is 14.4. The first-order valence-corrected chi connectivity index (χ1v) is 8.51. The number of hydrogen-bond donors (Lipinski definition) is 0. The Morgan fingerprint density at radius 2 is 2.00 bits per heavy atom. The van der Waals surface area contributed by atoms with Crippen molar-refractivity contribution in [2.45, 2.75) is 59.0 Å². The number of pyridine rings is 1. The van der Waals surface area contributed by atoms with E-state index in [0.29, 0.717) is 6.10 Å². The molecule has 0 aliphatic heterocycles. The molecule has 0 unspecified atom stereocenters. The highest BCUT2D eigenvalue weighted by molar-refractivity contribution is 5.62. The number of ether oxygens (including phenoxy) is 1. The zero-order valence-corrected chi connectivity index (χ0v) is 14.4. The van der Waals surface area contributed by atoms with Crippen LogP contribution in [0.3, 0.4) is 0 Å². The number of hydrogen-bond acceptors (Lipinski definition) is 3. The molecule has 2 rings (SSSR count). The van der Waals surface area contributed by atoms with Gasteiger partial charge in [-0.1, -0.05) is 13.3 Å². The highest BCUT2D eigenvalue weighted by atomic mass is 16.5. The Morgan fingerprint density at radius 3 is 2.59 bits per heavy atom. The van der Waals surface area contributed by atoms with Gasteiger partial charge in [0.25, 0.3) is 0 Å². The fraction of sp³-hybridized carbons (Fsp3) is 0.667. The van der Waals surface area contributed by atoms with Gasteiger partial charge in [-0.15, -0.1) is 0 Å². The van der Waals surface area contributed by atoms with Crippen LogP contribution in [0, 0.1) is 12.8 Å². The highest BCUT2D eigenvalue weighted by Gasteiger charge is 2.21. The largest absolute Gasteiger partial charge is 0.474 e. The molecule has 1 saturated carbocycles. The van der Waals surface area contributed by atoms with Crippen molar-refractivity contribution in [3.8, 4) is 5.88 Å². The molecule has 122 valence electrons. The minimum Gasteiger partial charge on any atom is -0.474 e. The predicted octanol–water partition coefficient (Wildman–Crippen LogP) is 4.35. The molecule has 0 amide bonds. The van der Waals surface area contributed by atoms with Crippen LogP contribution in [0.2, 0.25) is 0 Å². The fourth-order valence-corrected chi connectivity index (χ4v) is 2.80. The summed E-state index contributed by atoms with van der Waals surface area (Å²) in [6, 6.07) is 3.94. The Bertz CT molecular complexity index is 493. The van der Waals surface area contributed by atoms with E-state index in [2.05, 4.69) is 23.8 Å². The average molecular weight is 303 g/mol. The van der Waals surface area contributed by atoms with Crippen molar-refractivity contribution < 1.29 is 4.74 Å². The van der Waals surface area contributed by atoms with Gasteiger partial charge >= 0.3 is 0 Å². The van der Waals surface area contributed by atoms with Crippen LogP contribution < -0.4 is 4.74 Å². The molecule has 22 heavy (non-hydrogen) atoms. The van der Waals surface area contributed by atoms with Gasteiger partial charge in [0.2, 0.25) is 5.88 Å². The first-order valence-electron chi connectivity index (χ1n) is 8.51. The van der Waals surface area contributed by atoms with Crippen LogP contribution >= 0.6 is 0 Å². The topological polar surface area (TPSA) is 37.7 Å². The van der Waals surface area contributed by atoms with E-state index in [1.807, 2.05) is 37.3 Å². The van der Waals surface area contributed by atoms with Crippen molar-refractivity contribution >= 4 is 12.0 Å². The van der Waals surface area contributed by atoms with Gasteiger partial charge in [-0.25, -0.2) is 9.98 Å². The average Bonchev–Trinajstić information content (AvgIpc) is 2.54. The molecule has 1 fully saturated rings. The summed E-state index contributed by atoms with van der Waals surface area (Å²) >= 11 is 0. The first-order chi connectivity index (χ1) is 10.6. The van der Waals surface area contributed by atoms with Gasteiger partial charge < -0.3 is 9.64 Å². The lowest BCUT2D eigenvalue weighted by Gasteiger charge is -2.28. The lowest BCUT2D eigenvalue weighted by molar-refractivity contribution is 0.124. The number of aromatic nitrogens is 1. The second-order valence-corrected chi connectivity index (χ2v) is 6.24. The van der Waals surface area contributed by atoms with Crippen LogP contribution in [0.4, 0.5) is 5.69 Å². The van der Waals surface area contributed by atoms with Gasteiger partial charge in [-0.05, 0) is 51.5 Å². The number of nitrogens with zero attached hydrogens (tertiary/aromatic N) is 3. The maximum absolute atomic E-state index is 6.06. The van der Waals surface area contributed by atoms with Crippen molar-refractivity contribution in [3.63, 3.8) is 0 Å². The minimum absolute atomic E-state index is 0.329. The third kappa shape index (κ3) is 4.72. The van der Waals surface area contributed by atoms with Gasteiger partial charge in [0.05, 0.1) is 17.7 Å². The van der Waals surface area contributed by atoms with Gasteiger partial charge in [-0.2, -0.15) is 0 Å². The molecule has 0 spiro atoms. The Morgan fingerprint density at radius 1 is 1.27 bits per heavy atom. The summed E-state index contributed by atoms with van der Waals surface area (Å²) in [4.78, 5) is 11.1. The maximum atomic E-state index is 6.06. The molecule has 1 heterocycles. The normalized spacial score (nSPS) is 22.0. The third-order valence-corrected chi connectivity index (χ3v) is 4.58. The number of aliphatic imine (C=N–C) groups is 1.